The predicted octanol–water partition coefficient (Wildman–Crippen LogP) is 3.44. The summed E-state index contributed by atoms with van der Waals surface area (Å²) in [5, 5.41) is 18.3. The van der Waals surface area contributed by atoms with Gasteiger partial charge in [0.25, 0.3) is 11.6 Å². The standard InChI is InChI=1S/C20H18N4O5/c1-12-8-13(2)23(22-12)18-7-5-4-6-17(18)21-19(25)14-9-15(20(26)29-3)11-16(10-14)24(27)28/h4-11H,1-3H3,(H,21,25). The molecule has 1 N–H and O–H groups in total. The second-order valence-corrected chi connectivity index (χ2v) is 6.33. The second-order valence-electron chi connectivity index (χ2n) is 6.33. The van der Waals surface area contributed by atoms with Gasteiger partial charge in [0.05, 0.1) is 34.7 Å². The quantitative estimate of drug-likeness (QED) is 0.402. The van der Waals surface area contributed by atoms with Crippen molar-refractivity contribution in [2.24, 2.45) is 0 Å². The fraction of sp³-hybridized carbons (Fsp3) is 0.150. The maximum atomic E-state index is 12.8. The number of aromatic nitrogens is 2. The van der Waals surface area contributed by atoms with E-state index in [-0.39, 0.29) is 16.8 Å². The number of aryl methyl sites for hydroxylation is 2. The Balaban J connectivity index is 2.00. The first-order valence-corrected chi connectivity index (χ1v) is 8.62. The Bertz CT molecular complexity index is 1120. The molecule has 0 unspecified atom stereocenters. The molecule has 3 aromatic rings. The summed E-state index contributed by atoms with van der Waals surface area (Å²) >= 11 is 0. The van der Waals surface area contributed by atoms with Crippen LogP contribution in [0, 0.1) is 24.0 Å². The third-order valence-electron chi connectivity index (χ3n) is 4.20. The monoisotopic (exact) mass is 394 g/mol. The lowest BCUT2D eigenvalue weighted by molar-refractivity contribution is -0.384. The number of hydrogen-bond donors (Lipinski definition) is 1. The molecule has 148 valence electrons. The van der Waals surface area contributed by atoms with Crippen molar-refractivity contribution in [3.63, 3.8) is 0 Å². The first-order valence-electron chi connectivity index (χ1n) is 8.62. The predicted molar refractivity (Wildman–Crippen MR) is 105 cm³/mol. The maximum absolute atomic E-state index is 12.8. The van der Waals surface area contributed by atoms with Gasteiger partial charge in [0, 0.05) is 23.4 Å². The normalized spacial score (nSPS) is 10.4. The van der Waals surface area contributed by atoms with Gasteiger partial charge in [0.2, 0.25) is 0 Å². The van der Waals surface area contributed by atoms with Gasteiger partial charge < -0.3 is 10.1 Å². The van der Waals surface area contributed by atoms with E-state index in [0.29, 0.717) is 11.4 Å². The van der Waals surface area contributed by atoms with E-state index in [1.54, 1.807) is 22.9 Å². The Kier molecular flexibility index (Phi) is 5.40. The molecule has 0 spiro atoms. The molecule has 1 heterocycles. The van der Waals surface area contributed by atoms with Crippen LogP contribution in [0.1, 0.15) is 32.1 Å². The number of carbonyl (C=O) groups excluding carboxylic acids is 2. The highest BCUT2D eigenvalue weighted by molar-refractivity contribution is 6.07. The molecule has 0 atom stereocenters. The van der Waals surface area contributed by atoms with Gasteiger partial charge in [0.15, 0.2) is 0 Å². The number of rotatable bonds is 5. The summed E-state index contributed by atoms with van der Waals surface area (Å²) in [5.74, 6) is -1.38. The smallest absolute Gasteiger partial charge is 0.338 e. The lowest BCUT2D eigenvalue weighted by atomic mass is 10.1. The van der Waals surface area contributed by atoms with Gasteiger partial charge in [-0.1, -0.05) is 12.1 Å². The van der Waals surface area contributed by atoms with Crippen molar-refractivity contribution in [2.45, 2.75) is 13.8 Å². The van der Waals surface area contributed by atoms with Crippen LogP contribution in [-0.2, 0) is 4.74 Å². The van der Waals surface area contributed by atoms with Gasteiger partial charge in [0.1, 0.15) is 0 Å². The van der Waals surface area contributed by atoms with Gasteiger partial charge >= 0.3 is 5.97 Å². The molecular weight excluding hydrogens is 376 g/mol. The number of anilines is 1. The van der Waals surface area contributed by atoms with E-state index in [0.717, 1.165) is 30.6 Å². The number of para-hydroxylation sites is 2. The average molecular weight is 394 g/mol. The third kappa shape index (κ3) is 4.13. The molecule has 9 heteroatoms. The number of benzene rings is 2. The van der Waals surface area contributed by atoms with Crippen LogP contribution < -0.4 is 5.32 Å². The summed E-state index contributed by atoms with van der Waals surface area (Å²) in [6.45, 7) is 3.75. The van der Waals surface area contributed by atoms with E-state index in [1.165, 1.54) is 6.07 Å². The van der Waals surface area contributed by atoms with E-state index in [1.807, 2.05) is 26.0 Å². The Labute approximate surface area is 166 Å². The van der Waals surface area contributed by atoms with Gasteiger partial charge in [-0.15, -0.1) is 0 Å². The molecule has 9 nitrogen and oxygen atoms in total. The number of ether oxygens (including phenoxy) is 1. The van der Waals surface area contributed by atoms with Gasteiger partial charge in [-0.05, 0) is 38.1 Å². The first-order chi connectivity index (χ1) is 13.8. The van der Waals surface area contributed by atoms with Crippen LogP contribution in [0.2, 0.25) is 0 Å². The van der Waals surface area contributed by atoms with Crippen LogP contribution in [0.3, 0.4) is 0 Å². The summed E-state index contributed by atoms with van der Waals surface area (Å²) in [7, 11) is 1.16. The maximum Gasteiger partial charge on any atom is 0.338 e. The minimum atomic E-state index is -0.772. The van der Waals surface area contributed by atoms with Crippen LogP contribution in [0.15, 0.2) is 48.5 Å². The van der Waals surface area contributed by atoms with Crippen molar-refractivity contribution in [1.29, 1.82) is 0 Å². The lowest BCUT2D eigenvalue weighted by Gasteiger charge is -2.13. The summed E-state index contributed by atoms with van der Waals surface area (Å²) in [4.78, 5) is 35.1. The summed E-state index contributed by atoms with van der Waals surface area (Å²) < 4.78 is 6.30. The van der Waals surface area contributed by atoms with Crippen molar-refractivity contribution >= 4 is 23.3 Å². The van der Waals surface area contributed by atoms with E-state index in [9.17, 15) is 19.7 Å². The summed E-state index contributed by atoms with van der Waals surface area (Å²) in [5.41, 5.74) is 2.31. The Morgan fingerprint density at radius 2 is 1.79 bits per heavy atom. The van der Waals surface area contributed by atoms with Crippen LogP contribution in [0.25, 0.3) is 5.69 Å². The molecule has 0 aliphatic rings. The molecule has 1 aromatic heterocycles. The molecule has 0 bridgehead atoms. The van der Waals surface area contributed by atoms with Crippen LogP contribution in [0.5, 0.6) is 0 Å². The van der Waals surface area contributed by atoms with Crippen LogP contribution >= 0.6 is 0 Å². The summed E-state index contributed by atoms with van der Waals surface area (Å²) in [6, 6.07) is 12.4. The van der Waals surface area contributed by atoms with Crippen LogP contribution in [-0.4, -0.2) is 33.7 Å². The minimum Gasteiger partial charge on any atom is -0.465 e. The van der Waals surface area contributed by atoms with Gasteiger partial charge in [-0.25, -0.2) is 9.48 Å². The molecular formula is C20H18N4O5. The van der Waals surface area contributed by atoms with Crippen molar-refractivity contribution in [3.8, 4) is 5.69 Å². The van der Waals surface area contributed by atoms with E-state index < -0.39 is 16.8 Å². The number of nitrogens with one attached hydrogen (secondary N) is 1. The zero-order chi connectivity index (χ0) is 21.1. The minimum absolute atomic E-state index is 0.0391. The van der Waals surface area contributed by atoms with Crippen LogP contribution in [0.4, 0.5) is 11.4 Å². The molecule has 0 saturated heterocycles. The number of hydrogen-bond acceptors (Lipinski definition) is 6. The Morgan fingerprint density at radius 1 is 1.10 bits per heavy atom. The summed E-state index contributed by atoms with van der Waals surface area (Å²) in [6.07, 6.45) is 0. The number of nitro groups is 1. The molecule has 1 amide bonds. The van der Waals surface area contributed by atoms with E-state index in [4.69, 9.17) is 0 Å². The van der Waals surface area contributed by atoms with Crippen molar-refractivity contribution in [3.05, 3.63) is 81.2 Å². The first kappa shape index (κ1) is 19.7. The van der Waals surface area contributed by atoms with E-state index in [2.05, 4.69) is 15.2 Å². The van der Waals surface area contributed by atoms with Crippen molar-refractivity contribution < 1.29 is 19.2 Å². The van der Waals surface area contributed by atoms with Gasteiger partial charge in [-0.3, -0.25) is 14.9 Å². The topological polar surface area (TPSA) is 116 Å². The highest BCUT2D eigenvalue weighted by atomic mass is 16.6. The van der Waals surface area contributed by atoms with Crippen molar-refractivity contribution in [2.75, 3.05) is 12.4 Å². The third-order valence-corrected chi connectivity index (χ3v) is 4.20. The molecule has 3 rings (SSSR count). The zero-order valence-corrected chi connectivity index (χ0v) is 16.0. The molecule has 0 radical (unpaired) electrons. The molecule has 0 fully saturated rings. The highest BCUT2D eigenvalue weighted by Gasteiger charge is 2.19. The SMILES string of the molecule is COC(=O)c1cc(C(=O)Nc2ccccc2-n2nc(C)cc2C)cc([N+](=O)[O-])c1. The van der Waals surface area contributed by atoms with Gasteiger partial charge in [-0.2, -0.15) is 5.10 Å². The Hall–Kier alpha value is -4.01. The largest absolute Gasteiger partial charge is 0.465 e. The number of carbonyl (C=O) groups is 2. The number of methoxy groups -OCH3 is 1. The number of nitrogens with zero attached hydrogens (tertiary/aromatic N) is 3. The molecule has 29 heavy (non-hydrogen) atoms. The molecule has 0 saturated carbocycles. The fourth-order valence-corrected chi connectivity index (χ4v) is 2.91. The lowest BCUT2D eigenvalue weighted by Crippen LogP contribution is -2.16. The highest BCUT2D eigenvalue weighted by Crippen LogP contribution is 2.24. The Morgan fingerprint density at radius 3 is 2.41 bits per heavy atom. The number of non-ortho nitro benzene ring substituents is 1. The molecule has 0 aliphatic carbocycles. The number of amides is 1. The molecule has 0 aliphatic heterocycles. The number of esters is 1. The van der Waals surface area contributed by atoms with E-state index >= 15 is 0 Å². The molecule has 2 aromatic carbocycles. The fourth-order valence-electron chi connectivity index (χ4n) is 2.91. The number of nitro benzene ring substituents is 1. The van der Waals surface area contributed by atoms with Crippen molar-refractivity contribution in [1.82, 2.24) is 9.78 Å². The zero-order valence-electron chi connectivity index (χ0n) is 16.0. The second kappa shape index (κ2) is 7.93. The average Bonchev–Trinajstić information content (AvgIpc) is 3.05.